The maximum Gasteiger partial charge on any atom is 0.333 e. The molecular weight excluding hydrogens is 319 g/mol. The summed E-state index contributed by atoms with van der Waals surface area (Å²) in [6.07, 6.45) is 1.17. The van der Waals surface area contributed by atoms with Crippen molar-refractivity contribution in [2.75, 3.05) is 6.61 Å². The molecule has 0 atom stereocenters. The van der Waals surface area contributed by atoms with Gasteiger partial charge in [0.25, 0.3) is 5.69 Å². The van der Waals surface area contributed by atoms with Crippen LogP contribution in [0.5, 0.6) is 0 Å². The monoisotopic (exact) mass is 332 g/mol. The number of halogens is 2. The van der Waals surface area contributed by atoms with Crippen molar-refractivity contribution in [2.24, 2.45) is 4.99 Å². The van der Waals surface area contributed by atoms with Crippen LogP contribution in [0.2, 0.25) is 10.0 Å². The van der Waals surface area contributed by atoms with Crippen LogP contribution in [-0.2, 0) is 9.53 Å². The lowest BCUT2D eigenvalue weighted by molar-refractivity contribution is -0.385. The number of nitro benzene ring substituents is 1. The smallest absolute Gasteiger partial charge is 0.333 e. The van der Waals surface area contributed by atoms with Crippen LogP contribution in [0.15, 0.2) is 17.1 Å². The molecule has 0 aromatic heterocycles. The van der Waals surface area contributed by atoms with E-state index < -0.39 is 16.4 Å². The van der Waals surface area contributed by atoms with Gasteiger partial charge in [0.05, 0.1) is 27.1 Å². The summed E-state index contributed by atoms with van der Waals surface area (Å²) < 4.78 is 4.88. The van der Waals surface area contributed by atoms with E-state index in [4.69, 9.17) is 27.9 Å². The summed E-state index contributed by atoms with van der Waals surface area (Å²) in [7, 11) is 0. The van der Waals surface area contributed by atoms with Gasteiger partial charge in [-0.2, -0.15) is 0 Å². The number of nitrogens with zero attached hydrogens (tertiary/aromatic N) is 2. The molecule has 6 nitrogen and oxygen atoms in total. The van der Waals surface area contributed by atoms with Gasteiger partial charge in [0, 0.05) is 12.3 Å². The highest BCUT2D eigenvalue weighted by atomic mass is 35.5. The molecule has 0 aliphatic heterocycles. The molecule has 0 saturated carbocycles. The fourth-order valence-corrected chi connectivity index (χ4v) is 1.80. The number of rotatable bonds is 5. The molecule has 0 aliphatic carbocycles. The van der Waals surface area contributed by atoms with Gasteiger partial charge in [0.2, 0.25) is 0 Å². The summed E-state index contributed by atoms with van der Waals surface area (Å²) in [5.41, 5.74) is -1.38. The second-order valence-electron chi connectivity index (χ2n) is 4.59. The van der Waals surface area contributed by atoms with Crippen LogP contribution in [-0.4, -0.2) is 29.3 Å². The fraction of sp³-hybridized carbons (Fsp3) is 0.385. The van der Waals surface area contributed by atoms with Gasteiger partial charge >= 0.3 is 5.97 Å². The lowest BCUT2D eigenvalue weighted by Gasteiger charge is -2.17. The first-order valence-electron chi connectivity index (χ1n) is 6.05. The van der Waals surface area contributed by atoms with Crippen LogP contribution in [0, 0.1) is 10.1 Å². The third-order valence-corrected chi connectivity index (χ3v) is 3.42. The minimum atomic E-state index is -1.18. The Kier molecular flexibility index (Phi) is 5.69. The average molecular weight is 333 g/mol. The van der Waals surface area contributed by atoms with Crippen LogP contribution >= 0.6 is 23.2 Å². The molecule has 0 radical (unpaired) electrons. The number of esters is 1. The van der Waals surface area contributed by atoms with Crippen LogP contribution in [0.3, 0.4) is 0 Å². The summed E-state index contributed by atoms with van der Waals surface area (Å²) in [6.45, 7) is 4.96. The third kappa shape index (κ3) is 4.15. The minimum absolute atomic E-state index is 0.00859. The van der Waals surface area contributed by atoms with E-state index >= 15 is 0 Å². The van der Waals surface area contributed by atoms with Crippen molar-refractivity contribution in [1.82, 2.24) is 0 Å². The largest absolute Gasteiger partial charge is 0.464 e. The first kappa shape index (κ1) is 17.4. The van der Waals surface area contributed by atoms with Gasteiger partial charge in [-0.15, -0.1) is 0 Å². The molecule has 1 aromatic carbocycles. The van der Waals surface area contributed by atoms with E-state index in [1.165, 1.54) is 32.2 Å². The highest BCUT2D eigenvalue weighted by Crippen LogP contribution is 2.31. The Morgan fingerprint density at radius 1 is 1.48 bits per heavy atom. The molecule has 0 spiro atoms. The maximum absolute atomic E-state index is 11.7. The van der Waals surface area contributed by atoms with Crippen molar-refractivity contribution in [1.29, 1.82) is 0 Å². The zero-order chi connectivity index (χ0) is 16.2. The van der Waals surface area contributed by atoms with Crippen LogP contribution in [0.1, 0.15) is 26.3 Å². The Bertz CT molecular complexity index is 600. The third-order valence-electron chi connectivity index (χ3n) is 2.60. The lowest BCUT2D eigenvalue weighted by Crippen LogP contribution is -2.31. The first-order chi connectivity index (χ1) is 9.70. The summed E-state index contributed by atoms with van der Waals surface area (Å²) in [6, 6.07) is 2.56. The second-order valence-corrected chi connectivity index (χ2v) is 5.37. The van der Waals surface area contributed by atoms with E-state index in [2.05, 4.69) is 4.99 Å². The number of carbonyl (C=O) groups is 1. The van der Waals surface area contributed by atoms with Crippen LogP contribution < -0.4 is 0 Å². The predicted octanol–water partition coefficient (Wildman–Crippen LogP) is 3.66. The number of hydrogen-bond acceptors (Lipinski definition) is 5. The van der Waals surface area contributed by atoms with E-state index in [0.717, 1.165) is 0 Å². The highest BCUT2D eigenvalue weighted by Gasteiger charge is 2.28. The van der Waals surface area contributed by atoms with Crippen molar-refractivity contribution in [3.63, 3.8) is 0 Å². The molecule has 1 rings (SSSR count). The van der Waals surface area contributed by atoms with Crippen molar-refractivity contribution in [3.05, 3.63) is 37.9 Å². The van der Waals surface area contributed by atoms with Gasteiger partial charge in [-0.05, 0) is 26.8 Å². The topological polar surface area (TPSA) is 81.8 Å². The molecule has 0 fully saturated rings. The summed E-state index contributed by atoms with van der Waals surface area (Å²) in [5, 5.41) is 11.2. The molecule has 0 bridgehead atoms. The summed E-state index contributed by atoms with van der Waals surface area (Å²) >= 11 is 11.8. The lowest BCUT2D eigenvalue weighted by atomic mass is 10.1. The molecule has 114 valence electrons. The minimum Gasteiger partial charge on any atom is -0.464 e. The molecule has 21 heavy (non-hydrogen) atoms. The van der Waals surface area contributed by atoms with E-state index in [9.17, 15) is 14.9 Å². The molecule has 0 heterocycles. The Balaban J connectivity index is 3.23. The highest BCUT2D eigenvalue weighted by molar-refractivity contribution is 6.43. The number of hydrogen-bond donors (Lipinski definition) is 0. The Morgan fingerprint density at radius 3 is 2.62 bits per heavy atom. The molecule has 0 aliphatic rings. The molecule has 0 saturated heterocycles. The van der Waals surface area contributed by atoms with Crippen molar-refractivity contribution < 1.29 is 14.5 Å². The maximum atomic E-state index is 11.7. The Labute approximate surface area is 131 Å². The Morgan fingerprint density at radius 2 is 2.10 bits per heavy atom. The molecule has 0 unspecified atom stereocenters. The molecule has 8 heteroatoms. The molecule has 0 amide bonds. The molecule has 1 aromatic rings. The quantitative estimate of drug-likeness (QED) is 0.356. The first-order valence-corrected chi connectivity index (χ1v) is 6.81. The SMILES string of the molecule is CCOC(=O)C(C)(C)N=Cc1c([N+](=O)[O-])ccc(Cl)c1Cl. The fourth-order valence-electron chi connectivity index (χ4n) is 1.42. The van der Waals surface area contributed by atoms with E-state index in [1.807, 2.05) is 0 Å². The van der Waals surface area contributed by atoms with Gasteiger partial charge in [0.1, 0.15) is 0 Å². The Hall–Kier alpha value is -1.66. The average Bonchev–Trinajstić information content (AvgIpc) is 2.40. The summed E-state index contributed by atoms with van der Waals surface area (Å²) in [4.78, 5) is 26.2. The number of carbonyl (C=O) groups excluding carboxylic acids is 1. The second kappa shape index (κ2) is 6.87. The van der Waals surface area contributed by atoms with Gasteiger partial charge in [-0.3, -0.25) is 15.1 Å². The summed E-state index contributed by atoms with van der Waals surface area (Å²) in [5.74, 6) is -0.540. The van der Waals surface area contributed by atoms with E-state index in [1.54, 1.807) is 6.92 Å². The number of benzene rings is 1. The number of ether oxygens (including phenoxy) is 1. The zero-order valence-corrected chi connectivity index (χ0v) is 13.2. The van der Waals surface area contributed by atoms with Gasteiger partial charge in [-0.1, -0.05) is 23.2 Å². The van der Waals surface area contributed by atoms with Gasteiger partial charge < -0.3 is 4.74 Å². The number of nitro groups is 1. The van der Waals surface area contributed by atoms with E-state index in [-0.39, 0.29) is 27.9 Å². The normalized spacial score (nSPS) is 11.7. The standard InChI is InChI=1S/C13H14Cl2N2O4/c1-4-21-12(18)13(2,3)16-7-8-10(17(19)20)6-5-9(14)11(8)15/h5-7H,4H2,1-3H3. The van der Waals surface area contributed by atoms with Gasteiger partial charge in [0.15, 0.2) is 5.54 Å². The zero-order valence-electron chi connectivity index (χ0n) is 11.7. The van der Waals surface area contributed by atoms with Crippen LogP contribution in [0.4, 0.5) is 5.69 Å². The van der Waals surface area contributed by atoms with Crippen molar-refractivity contribution >= 4 is 41.1 Å². The molecule has 0 N–H and O–H groups in total. The molecular formula is C13H14Cl2N2O4. The van der Waals surface area contributed by atoms with Crippen molar-refractivity contribution in [2.45, 2.75) is 26.3 Å². The van der Waals surface area contributed by atoms with Crippen LogP contribution in [0.25, 0.3) is 0 Å². The van der Waals surface area contributed by atoms with Gasteiger partial charge in [-0.25, -0.2) is 4.79 Å². The van der Waals surface area contributed by atoms with E-state index in [0.29, 0.717) is 0 Å². The predicted molar refractivity (Wildman–Crippen MR) is 81.4 cm³/mol. The number of aliphatic imine (C=N–C) groups is 1. The van der Waals surface area contributed by atoms with Crippen molar-refractivity contribution in [3.8, 4) is 0 Å².